The Bertz CT molecular complexity index is 668. The first-order valence-corrected chi connectivity index (χ1v) is 7.60. The molecule has 3 nitrogen and oxygen atoms in total. The van der Waals surface area contributed by atoms with E-state index in [2.05, 4.69) is 17.2 Å². The number of amides is 1. The van der Waals surface area contributed by atoms with Gasteiger partial charge in [-0.3, -0.25) is 4.79 Å². The van der Waals surface area contributed by atoms with Crippen molar-refractivity contribution in [3.05, 3.63) is 56.7 Å². The van der Waals surface area contributed by atoms with Crippen molar-refractivity contribution in [1.82, 2.24) is 5.32 Å². The molecule has 1 amide bonds. The van der Waals surface area contributed by atoms with Crippen LogP contribution in [-0.2, 0) is 6.54 Å². The number of nitrogens with one attached hydrogen (secondary N) is 1. The fourth-order valence-electron chi connectivity index (χ4n) is 1.60. The van der Waals surface area contributed by atoms with Crippen LogP contribution in [0.5, 0.6) is 0 Å². The molecule has 1 aromatic carbocycles. The highest BCUT2D eigenvalue weighted by atomic mass is 35.5. The molecule has 5 heteroatoms. The van der Waals surface area contributed by atoms with Crippen molar-refractivity contribution in [3.63, 3.8) is 0 Å². The Kier molecular flexibility index (Phi) is 5.82. The SMILES string of the molecule is O=C(NCc1ccc(Cl)cc1)c1ccc(C#CCCO)s1. The summed E-state index contributed by atoms with van der Waals surface area (Å²) >= 11 is 7.15. The third-order valence-electron chi connectivity index (χ3n) is 2.64. The molecule has 2 aromatic rings. The second-order valence-electron chi connectivity index (χ2n) is 4.25. The Morgan fingerprint density at radius 2 is 2.00 bits per heavy atom. The summed E-state index contributed by atoms with van der Waals surface area (Å²) in [6, 6.07) is 10.9. The van der Waals surface area contributed by atoms with E-state index in [9.17, 15) is 4.79 Å². The van der Waals surface area contributed by atoms with Crippen LogP contribution in [0.15, 0.2) is 36.4 Å². The van der Waals surface area contributed by atoms with Gasteiger partial charge < -0.3 is 10.4 Å². The normalized spacial score (nSPS) is 9.81. The number of aliphatic hydroxyl groups is 1. The Morgan fingerprint density at radius 3 is 2.71 bits per heavy atom. The van der Waals surface area contributed by atoms with E-state index in [1.165, 1.54) is 11.3 Å². The van der Waals surface area contributed by atoms with Crippen LogP contribution in [0.25, 0.3) is 0 Å². The molecule has 2 rings (SSSR count). The Morgan fingerprint density at radius 1 is 1.24 bits per heavy atom. The van der Waals surface area contributed by atoms with Gasteiger partial charge in [0, 0.05) is 18.0 Å². The molecule has 0 saturated heterocycles. The molecule has 0 aliphatic rings. The van der Waals surface area contributed by atoms with Crippen molar-refractivity contribution in [2.45, 2.75) is 13.0 Å². The molecule has 1 heterocycles. The van der Waals surface area contributed by atoms with E-state index in [1.54, 1.807) is 18.2 Å². The standard InChI is InChI=1S/C16H14ClNO2S/c17-13-6-4-12(5-7-13)11-18-16(20)15-9-8-14(21-15)3-1-2-10-19/h4-9,19H,2,10-11H2,(H,18,20). The lowest BCUT2D eigenvalue weighted by atomic mass is 10.2. The molecule has 0 bridgehead atoms. The molecular formula is C16H14ClNO2S. The van der Waals surface area contributed by atoms with Crippen molar-refractivity contribution in [2.24, 2.45) is 0 Å². The molecule has 0 spiro atoms. The summed E-state index contributed by atoms with van der Waals surface area (Å²) in [5.41, 5.74) is 0.993. The Balaban J connectivity index is 1.92. The van der Waals surface area contributed by atoms with E-state index in [1.807, 2.05) is 18.2 Å². The van der Waals surface area contributed by atoms with Crippen LogP contribution < -0.4 is 5.32 Å². The minimum Gasteiger partial charge on any atom is -0.395 e. The van der Waals surface area contributed by atoms with Crippen molar-refractivity contribution in [3.8, 4) is 11.8 Å². The molecule has 108 valence electrons. The predicted molar refractivity (Wildman–Crippen MR) is 85.5 cm³/mol. The summed E-state index contributed by atoms with van der Waals surface area (Å²) in [4.78, 5) is 13.5. The molecule has 1 aromatic heterocycles. The first-order chi connectivity index (χ1) is 10.2. The van der Waals surface area contributed by atoms with Gasteiger partial charge >= 0.3 is 0 Å². The van der Waals surface area contributed by atoms with E-state index in [-0.39, 0.29) is 12.5 Å². The quantitative estimate of drug-likeness (QED) is 0.851. The van der Waals surface area contributed by atoms with E-state index in [0.29, 0.717) is 22.9 Å². The van der Waals surface area contributed by atoms with E-state index in [4.69, 9.17) is 16.7 Å². The smallest absolute Gasteiger partial charge is 0.261 e. The van der Waals surface area contributed by atoms with E-state index in [0.717, 1.165) is 10.4 Å². The summed E-state index contributed by atoms with van der Waals surface area (Å²) in [7, 11) is 0. The van der Waals surface area contributed by atoms with Gasteiger partial charge in [-0.1, -0.05) is 35.6 Å². The molecule has 0 radical (unpaired) electrons. The van der Waals surface area contributed by atoms with Gasteiger partial charge in [-0.15, -0.1) is 11.3 Å². The van der Waals surface area contributed by atoms with Crippen molar-refractivity contribution in [1.29, 1.82) is 0 Å². The lowest BCUT2D eigenvalue weighted by molar-refractivity contribution is 0.0955. The van der Waals surface area contributed by atoms with Gasteiger partial charge in [-0.05, 0) is 29.8 Å². The van der Waals surface area contributed by atoms with Gasteiger partial charge in [0.15, 0.2) is 0 Å². The van der Waals surface area contributed by atoms with Crippen LogP contribution in [-0.4, -0.2) is 17.6 Å². The highest BCUT2D eigenvalue weighted by molar-refractivity contribution is 7.14. The van der Waals surface area contributed by atoms with Crippen LogP contribution >= 0.6 is 22.9 Å². The zero-order valence-corrected chi connectivity index (χ0v) is 12.8. The summed E-state index contributed by atoms with van der Waals surface area (Å²) in [6.07, 6.45) is 0.440. The van der Waals surface area contributed by atoms with Crippen molar-refractivity contribution in [2.75, 3.05) is 6.61 Å². The number of halogens is 1. The highest BCUT2D eigenvalue weighted by Gasteiger charge is 2.08. The zero-order chi connectivity index (χ0) is 15.1. The zero-order valence-electron chi connectivity index (χ0n) is 11.2. The number of hydrogen-bond donors (Lipinski definition) is 2. The molecule has 21 heavy (non-hydrogen) atoms. The third-order valence-corrected chi connectivity index (χ3v) is 3.90. The summed E-state index contributed by atoms with van der Waals surface area (Å²) in [5.74, 6) is 5.63. The minimum absolute atomic E-state index is 0.0484. The fraction of sp³-hybridized carbons (Fsp3) is 0.188. The lowest BCUT2D eigenvalue weighted by Gasteiger charge is -2.03. The summed E-state index contributed by atoms with van der Waals surface area (Å²) < 4.78 is 0. The largest absolute Gasteiger partial charge is 0.395 e. The van der Waals surface area contributed by atoms with E-state index >= 15 is 0 Å². The molecule has 0 aliphatic heterocycles. The van der Waals surface area contributed by atoms with Gasteiger partial charge in [0.2, 0.25) is 0 Å². The number of aliphatic hydroxyl groups excluding tert-OH is 1. The second-order valence-corrected chi connectivity index (χ2v) is 5.77. The van der Waals surface area contributed by atoms with Gasteiger partial charge in [-0.2, -0.15) is 0 Å². The minimum atomic E-state index is -0.120. The van der Waals surface area contributed by atoms with Gasteiger partial charge in [0.25, 0.3) is 5.91 Å². The predicted octanol–water partition coefficient (Wildman–Crippen LogP) is 3.07. The first kappa shape index (κ1) is 15.6. The molecule has 0 atom stereocenters. The van der Waals surface area contributed by atoms with Crippen LogP contribution in [0.3, 0.4) is 0 Å². The molecular weight excluding hydrogens is 306 g/mol. The molecule has 0 unspecified atom stereocenters. The average Bonchev–Trinajstić information content (AvgIpc) is 2.96. The van der Waals surface area contributed by atoms with Crippen LogP contribution in [0.4, 0.5) is 0 Å². The lowest BCUT2D eigenvalue weighted by Crippen LogP contribution is -2.21. The second kappa shape index (κ2) is 7.84. The first-order valence-electron chi connectivity index (χ1n) is 6.41. The number of carbonyl (C=O) groups excluding carboxylic acids is 1. The number of thiophene rings is 1. The number of carbonyl (C=O) groups is 1. The maximum atomic E-state index is 12.0. The van der Waals surface area contributed by atoms with Crippen LogP contribution in [0.1, 0.15) is 26.5 Å². The fourth-order valence-corrected chi connectivity index (χ4v) is 2.53. The topological polar surface area (TPSA) is 49.3 Å². The number of rotatable bonds is 4. The maximum absolute atomic E-state index is 12.0. The van der Waals surface area contributed by atoms with Gasteiger partial charge in [0.1, 0.15) is 0 Å². The number of hydrogen-bond acceptors (Lipinski definition) is 3. The van der Waals surface area contributed by atoms with Gasteiger partial charge in [0.05, 0.1) is 16.4 Å². The monoisotopic (exact) mass is 319 g/mol. The molecule has 0 aliphatic carbocycles. The van der Waals surface area contributed by atoms with Crippen molar-refractivity contribution >= 4 is 28.8 Å². The van der Waals surface area contributed by atoms with Gasteiger partial charge in [-0.25, -0.2) is 0 Å². The average molecular weight is 320 g/mol. The van der Waals surface area contributed by atoms with Crippen LogP contribution in [0, 0.1) is 11.8 Å². The summed E-state index contributed by atoms with van der Waals surface area (Å²) in [5, 5.41) is 12.2. The molecule has 0 saturated carbocycles. The van der Waals surface area contributed by atoms with Crippen molar-refractivity contribution < 1.29 is 9.90 Å². The maximum Gasteiger partial charge on any atom is 0.261 e. The molecule has 0 fully saturated rings. The molecule has 2 N–H and O–H groups in total. The highest BCUT2D eigenvalue weighted by Crippen LogP contribution is 2.15. The van der Waals surface area contributed by atoms with E-state index < -0.39 is 0 Å². The number of benzene rings is 1. The van der Waals surface area contributed by atoms with Crippen LogP contribution in [0.2, 0.25) is 5.02 Å². The third kappa shape index (κ3) is 4.91. The Hall–Kier alpha value is -1.80. The Labute approximate surface area is 132 Å². The summed E-state index contributed by atoms with van der Waals surface area (Å²) in [6.45, 7) is 0.506.